The van der Waals surface area contributed by atoms with Gasteiger partial charge in [-0.05, 0) is 29.0 Å². The summed E-state index contributed by atoms with van der Waals surface area (Å²) < 4.78 is 11.7. The summed E-state index contributed by atoms with van der Waals surface area (Å²) in [6.07, 6.45) is 1.76. The van der Waals surface area contributed by atoms with Crippen LogP contribution in [0.15, 0.2) is 23.1 Å². The van der Waals surface area contributed by atoms with E-state index in [4.69, 9.17) is 0 Å². The summed E-state index contributed by atoms with van der Waals surface area (Å²) in [4.78, 5) is 0.996. The quantitative estimate of drug-likeness (QED) is 0.765. The van der Waals surface area contributed by atoms with Crippen LogP contribution in [0.3, 0.4) is 0 Å². The van der Waals surface area contributed by atoms with E-state index < -0.39 is 10.8 Å². The maximum atomic E-state index is 11.7. The van der Waals surface area contributed by atoms with Crippen LogP contribution in [-0.4, -0.2) is 10.5 Å². The summed E-state index contributed by atoms with van der Waals surface area (Å²) in [6.45, 7) is 8.60. The van der Waals surface area contributed by atoms with E-state index in [1.54, 1.807) is 6.26 Å². The van der Waals surface area contributed by atoms with E-state index >= 15 is 0 Å². The minimum atomic E-state index is -0.888. The molecule has 1 atom stereocenters. The summed E-state index contributed by atoms with van der Waals surface area (Å²) in [5, 5.41) is 0. The molecule has 1 unspecified atom stereocenters. The summed E-state index contributed by atoms with van der Waals surface area (Å²) in [5.41, 5.74) is 2.48. The molecule has 15 heavy (non-hydrogen) atoms. The van der Waals surface area contributed by atoms with E-state index in [2.05, 4.69) is 45.9 Å². The molecule has 0 fully saturated rings. The van der Waals surface area contributed by atoms with E-state index in [0.29, 0.717) is 11.8 Å². The Bertz CT molecular complexity index is 367. The van der Waals surface area contributed by atoms with Gasteiger partial charge in [-0.3, -0.25) is 4.21 Å². The number of benzene rings is 1. The fourth-order valence-corrected chi connectivity index (χ4v) is 2.57. The van der Waals surface area contributed by atoms with E-state index in [1.165, 1.54) is 11.1 Å². The first-order valence-corrected chi connectivity index (χ1v) is 6.96. The van der Waals surface area contributed by atoms with Gasteiger partial charge in [-0.2, -0.15) is 0 Å². The number of hydrogen-bond acceptors (Lipinski definition) is 1. The van der Waals surface area contributed by atoms with E-state index in [1.807, 2.05) is 0 Å². The van der Waals surface area contributed by atoms with Crippen LogP contribution in [0.1, 0.15) is 50.7 Å². The van der Waals surface area contributed by atoms with E-state index in [0.717, 1.165) is 4.90 Å². The SMILES string of the molecule is CC(C)c1ccc(C(C)C)c(S(C)=O)c1. The smallest absolute Gasteiger partial charge is 0.0501 e. The van der Waals surface area contributed by atoms with Gasteiger partial charge in [-0.1, -0.05) is 39.8 Å². The second-order valence-electron chi connectivity index (χ2n) is 4.56. The van der Waals surface area contributed by atoms with Crippen LogP contribution in [0.5, 0.6) is 0 Å². The Morgan fingerprint density at radius 2 is 1.67 bits per heavy atom. The highest BCUT2D eigenvalue weighted by Gasteiger charge is 2.11. The third-order valence-corrected chi connectivity index (χ3v) is 3.61. The molecule has 1 rings (SSSR count). The lowest BCUT2D eigenvalue weighted by Gasteiger charge is -2.14. The van der Waals surface area contributed by atoms with Crippen LogP contribution in [-0.2, 0) is 10.8 Å². The van der Waals surface area contributed by atoms with Crippen molar-refractivity contribution in [2.24, 2.45) is 0 Å². The van der Waals surface area contributed by atoms with Crippen molar-refractivity contribution < 1.29 is 4.21 Å². The first kappa shape index (κ1) is 12.4. The van der Waals surface area contributed by atoms with E-state index in [9.17, 15) is 4.21 Å². The highest BCUT2D eigenvalue weighted by atomic mass is 32.2. The molecule has 0 spiro atoms. The van der Waals surface area contributed by atoms with Crippen molar-refractivity contribution in [2.45, 2.75) is 44.4 Å². The maximum absolute atomic E-state index is 11.7. The molecule has 0 aliphatic rings. The third-order valence-electron chi connectivity index (χ3n) is 2.64. The zero-order chi connectivity index (χ0) is 11.6. The molecule has 1 nitrogen and oxygen atoms in total. The molecule has 0 saturated carbocycles. The molecule has 0 aliphatic carbocycles. The first-order valence-electron chi connectivity index (χ1n) is 5.40. The molecule has 0 heterocycles. The van der Waals surface area contributed by atoms with Crippen molar-refractivity contribution in [3.63, 3.8) is 0 Å². The Hall–Kier alpha value is -0.630. The van der Waals surface area contributed by atoms with Crippen LogP contribution >= 0.6 is 0 Å². The van der Waals surface area contributed by atoms with Crippen LogP contribution in [0.25, 0.3) is 0 Å². The lowest BCUT2D eigenvalue weighted by atomic mass is 9.97. The molecule has 1 aromatic rings. The molecular weight excluding hydrogens is 204 g/mol. The second-order valence-corrected chi connectivity index (χ2v) is 5.91. The third kappa shape index (κ3) is 2.91. The van der Waals surface area contributed by atoms with Crippen molar-refractivity contribution in [3.8, 4) is 0 Å². The molecule has 0 aromatic heterocycles. The second kappa shape index (κ2) is 4.93. The normalized spacial score (nSPS) is 13.5. The lowest BCUT2D eigenvalue weighted by molar-refractivity contribution is 0.684. The van der Waals surface area contributed by atoms with Gasteiger partial charge in [0.25, 0.3) is 0 Å². The van der Waals surface area contributed by atoms with Gasteiger partial charge in [0.2, 0.25) is 0 Å². The van der Waals surface area contributed by atoms with Crippen molar-refractivity contribution in [2.75, 3.05) is 6.26 Å². The molecule has 0 amide bonds. The summed E-state index contributed by atoms with van der Waals surface area (Å²) >= 11 is 0. The largest absolute Gasteiger partial charge is 0.255 e. The van der Waals surface area contributed by atoms with Gasteiger partial charge in [0.05, 0.1) is 10.8 Å². The topological polar surface area (TPSA) is 17.1 Å². The van der Waals surface area contributed by atoms with Gasteiger partial charge >= 0.3 is 0 Å². The zero-order valence-electron chi connectivity index (χ0n) is 10.2. The van der Waals surface area contributed by atoms with Crippen LogP contribution in [0, 0.1) is 0 Å². The highest BCUT2D eigenvalue weighted by molar-refractivity contribution is 7.84. The number of hydrogen-bond donors (Lipinski definition) is 0. The van der Waals surface area contributed by atoms with Crippen molar-refractivity contribution in [3.05, 3.63) is 29.3 Å². The highest BCUT2D eigenvalue weighted by Crippen LogP contribution is 2.26. The Balaban J connectivity index is 3.27. The predicted octanol–water partition coefficient (Wildman–Crippen LogP) is 3.67. The van der Waals surface area contributed by atoms with Gasteiger partial charge < -0.3 is 0 Å². The summed E-state index contributed by atoms with van der Waals surface area (Å²) in [7, 11) is -0.888. The Kier molecular flexibility index (Phi) is 4.09. The minimum Gasteiger partial charge on any atom is -0.255 e. The van der Waals surface area contributed by atoms with Crippen LogP contribution in [0.2, 0.25) is 0 Å². The number of rotatable bonds is 3. The van der Waals surface area contributed by atoms with E-state index in [-0.39, 0.29) is 0 Å². The molecule has 1 aromatic carbocycles. The van der Waals surface area contributed by atoms with Crippen molar-refractivity contribution in [1.82, 2.24) is 0 Å². The van der Waals surface area contributed by atoms with Gasteiger partial charge in [0.15, 0.2) is 0 Å². The minimum absolute atomic E-state index is 0.435. The molecule has 0 bridgehead atoms. The van der Waals surface area contributed by atoms with Gasteiger partial charge in [-0.25, -0.2) is 0 Å². The zero-order valence-corrected chi connectivity index (χ0v) is 11.0. The summed E-state index contributed by atoms with van der Waals surface area (Å²) in [5.74, 6) is 0.929. The molecule has 0 radical (unpaired) electrons. The fourth-order valence-electron chi connectivity index (χ4n) is 1.64. The average molecular weight is 224 g/mol. The lowest BCUT2D eigenvalue weighted by Crippen LogP contribution is -2.00. The average Bonchev–Trinajstić information content (AvgIpc) is 2.16. The standard InChI is InChI=1S/C13H20OS/c1-9(2)11-6-7-12(10(3)4)13(8-11)15(5)14/h6-10H,1-5H3. The summed E-state index contributed by atoms with van der Waals surface area (Å²) in [6, 6.07) is 6.36. The fraction of sp³-hybridized carbons (Fsp3) is 0.538. The molecule has 2 heteroatoms. The van der Waals surface area contributed by atoms with Gasteiger partial charge in [0.1, 0.15) is 0 Å². The molecular formula is C13H20OS. The van der Waals surface area contributed by atoms with Crippen LogP contribution in [0.4, 0.5) is 0 Å². The maximum Gasteiger partial charge on any atom is 0.0501 e. The molecule has 0 aliphatic heterocycles. The molecule has 0 N–H and O–H groups in total. The van der Waals surface area contributed by atoms with Gasteiger partial charge in [-0.15, -0.1) is 0 Å². The molecule has 84 valence electrons. The Morgan fingerprint density at radius 1 is 1.07 bits per heavy atom. The van der Waals surface area contributed by atoms with Crippen molar-refractivity contribution >= 4 is 10.8 Å². The molecule has 0 saturated heterocycles. The van der Waals surface area contributed by atoms with Gasteiger partial charge in [0, 0.05) is 11.2 Å². The predicted molar refractivity (Wildman–Crippen MR) is 67.0 cm³/mol. The van der Waals surface area contributed by atoms with Crippen molar-refractivity contribution in [1.29, 1.82) is 0 Å². The monoisotopic (exact) mass is 224 g/mol. The Morgan fingerprint density at radius 3 is 2.07 bits per heavy atom. The van der Waals surface area contributed by atoms with Crippen LogP contribution < -0.4 is 0 Å². The first-order chi connectivity index (χ1) is 6.93. The Labute approximate surface area is 95.4 Å².